The van der Waals surface area contributed by atoms with E-state index < -0.39 is 0 Å². The summed E-state index contributed by atoms with van der Waals surface area (Å²) in [6, 6.07) is 0. The number of fused-ring (bicyclic) bond motifs is 1. The fourth-order valence-electron chi connectivity index (χ4n) is 5.17. The molecule has 4 atom stereocenters. The third-order valence-electron chi connectivity index (χ3n) is 4.97. The largest absolute Gasteiger partial charge is 0.0856 e. The van der Waals surface area contributed by atoms with Crippen LogP contribution in [0.25, 0.3) is 0 Å². The molecule has 3 rings (SSSR count). The quantitative estimate of drug-likeness (QED) is 0.561. The fraction of sp³-hybridized carbons (Fsp3) is 1.00. The Labute approximate surface area is 89.6 Å². The number of hydrogen-bond acceptors (Lipinski definition) is 0. The maximum atomic E-state index is 3.93. The molecule has 0 amide bonds. The zero-order valence-corrected chi connectivity index (χ0v) is 10.5. The molecule has 3 aliphatic rings. The van der Waals surface area contributed by atoms with Crippen LogP contribution < -0.4 is 0 Å². The lowest BCUT2D eigenvalue weighted by Crippen LogP contribution is -2.35. The molecule has 0 heterocycles. The normalized spacial score (nSPS) is 69.2. The summed E-state index contributed by atoms with van der Waals surface area (Å²) in [6.45, 7) is 7.42. The third kappa shape index (κ3) is 0.976. The summed E-state index contributed by atoms with van der Waals surface area (Å²) in [4.78, 5) is 0. The van der Waals surface area contributed by atoms with Crippen LogP contribution in [0.15, 0.2) is 0 Å². The SMILES string of the molecule is CC1(Br)CC2(C)CC3(C)CC3(C1)C2. The van der Waals surface area contributed by atoms with E-state index in [4.69, 9.17) is 0 Å². The molecule has 4 unspecified atom stereocenters. The van der Waals surface area contributed by atoms with E-state index in [2.05, 4.69) is 36.7 Å². The molecular formula is C12H19Br. The van der Waals surface area contributed by atoms with Crippen molar-refractivity contribution in [1.82, 2.24) is 0 Å². The Hall–Kier alpha value is 0.480. The first kappa shape index (κ1) is 8.76. The third-order valence-corrected chi connectivity index (χ3v) is 5.53. The van der Waals surface area contributed by atoms with Crippen molar-refractivity contribution in [1.29, 1.82) is 0 Å². The minimum Gasteiger partial charge on any atom is -0.0856 e. The first-order chi connectivity index (χ1) is 5.79. The highest BCUT2D eigenvalue weighted by Gasteiger charge is 2.75. The van der Waals surface area contributed by atoms with Gasteiger partial charge in [0.25, 0.3) is 0 Å². The van der Waals surface area contributed by atoms with E-state index >= 15 is 0 Å². The molecule has 1 heteroatoms. The van der Waals surface area contributed by atoms with E-state index in [1.807, 2.05) is 0 Å². The van der Waals surface area contributed by atoms with E-state index in [1.54, 1.807) is 0 Å². The molecule has 3 aliphatic carbocycles. The van der Waals surface area contributed by atoms with Gasteiger partial charge in [0.05, 0.1) is 0 Å². The zero-order chi connectivity index (χ0) is 9.54. The Morgan fingerprint density at radius 2 is 1.54 bits per heavy atom. The second-order valence-electron chi connectivity index (χ2n) is 6.95. The fourth-order valence-corrected chi connectivity index (χ4v) is 6.38. The van der Waals surface area contributed by atoms with Crippen LogP contribution in [0.1, 0.15) is 52.9 Å². The number of hydrogen-bond donors (Lipinski definition) is 0. The van der Waals surface area contributed by atoms with E-state index in [0.29, 0.717) is 9.74 Å². The van der Waals surface area contributed by atoms with Gasteiger partial charge in [-0.15, -0.1) is 0 Å². The predicted molar refractivity (Wildman–Crippen MR) is 59.1 cm³/mol. The van der Waals surface area contributed by atoms with E-state index in [0.717, 1.165) is 10.8 Å². The molecule has 0 aliphatic heterocycles. The van der Waals surface area contributed by atoms with Crippen LogP contribution in [0.4, 0.5) is 0 Å². The molecular weight excluding hydrogens is 224 g/mol. The molecule has 0 radical (unpaired) electrons. The van der Waals surface area contributed by atoms with Crippen LogP contribution in [0, 0.1) is 16.2 Å². The second kappa shape index (κ2) is 1.89. The van der Waals surface area contributed by atoms with Gasteiger partial charge in [0, 0.05) is 4.32 Å². The van der Waals surface area contributed by atoms with Gasteiger partial charge in [-0.25, -0.2) is 0 Å². The number of halogens is 1. The first-order valence-corrected chi connectivity index (χ1v) is 6.27. The monoisotopic (exact) mass is 242 g/mol. The predicted octanol–water partition coefficient (Wildman–Crippen LogP) is 4.13. The maximum Gasteiger partial charge on any atom is 0.0240 e. The highest BCUT2D eigenvalue weighted by Crippen LogP contribution is 2.84. The Morgan fingerprint density at radius 3 is 2.15 bits per heavy atom. The maximum absolute atomic E-state index is 3.93. The second-order valence-corrected chi connectivity index (χ2v) is 8.86. The number of alkyl halides is 1. The van der Waals surface area contributed by atoms with Crippen LogP contribution in [-0.2, 0) is 0 Å². The van der Waals surface area contributed by atoms with Crippen molar-refractivity contribution in [3.8, 4) is 0 Å². The van der Waals surface area contributed by atoms with Crippen molar-refractivity contribution < 1.29 is 0 Å². The zero-order valence-electron chi connectivity index (χ0n) is 8.91. The molecule has 0 aromatic carbocycles. The standard InChI is InChI=1S/C12H19Br/c1-9-4-10(2)7-12(10,6-9)8-11(3,13)5-9/h4-8H2,1-3H3. The van der Waals surface area contributed by atoms with Crippen molar-refractivity contribution in [2.75, 3.05) is 0 Å². The molecule has 3 saturated carbocycles. The molecule has 2 bridgehead atoms. The van der Waals surface area contributed by atoms with Crippen molar-refractivity contribution in [3.63, 3.8) is 0 Å². The van der Waals surface area contributed by atoms with Crippen molar-refractivity contribution in [2.45, 2.75) is 57.2 Å². The van der Waals surface area contributed by atoms with Crippen molar-refractivity contribution in [2.24, 2.45) is 16.2 Å². The molecule has 0 N–H and O–H groups in total. The summed E-state index contributed by atoms with van der Waals surface area (Å²) in [7, 11) is 0. The summed E-state index contributed by atoms with van der Waals surface area (Å²) in [5.41, 5.74) is 2.13. The topological polar surface area (TPSA) is 0 Å². The van der Waals surface area contributed by atoms with Gasteiger partial charge in [-0.2, -0.15) is 0 Å². The summed E-state index contributed by atoms with van der Waals surface area (Å²) in [6.07, 6.45) is 7.32. The van der Waals surface area contributed by atoms with Crippen LogP contribution >= 0.6 is 15.9 Å². The van der Waals surface area contributed by atoms with Gasteiger partial charge in [0.1, 0.15) is 0 Å². The van der Waals surface area contributed by atoms with Crippen molar-refractivity contribution >= 4 is 15.9 Å². The number of rotatable bonds is 0. The molecule has 74 valence electrons. The molecule has 1 spiro atoms. The lowest BCUT2D eigenvalue weighted by Gasteiger charge is -2.42. The Balaban J connectivity index is 2.02. The molecule has 0 aromatic heterocycles. The first-order valence-electron chi connectivity index (χ1n) is 5.47. The van der Waals surface area contributed by atoms with E-state index in [1.165, 1.54) is 32.1 Å². The minimum absolute atomic E-state index is 0.439. The highest BCUT2D eigenvalue weighted by atomic mass is 79.9. The van der Waals surface area contributed by atoms with Gasteiger partial charge in [0.2, 0.25) is 0 Å². The van der Waals surface area contributed by atoms with Crippen LogP contribution in [0.3, 0.4) is 0 Å². The van der Waals surface area contributed by atoms with Gasteiger partial charge in [-0.05, 0) is 55.3 Å². The van der Waals surface area contributed by atoms with Gasteiger partial charge in [0.15, 0.2) is 0 Å². The summed E-state index contributed by atoms with van der Waals surface area (Å²) in [5, 5.41) is 0. The lowest BCUT2D eigenvalue weighted by atomic mass is 9.68. The van der Waals surface area contributed by atoms with Crippen LogP contribution in [-0.4, -0.2) is 4.32 Å². The summed E-state index contributed by atoms with van der Waals surface area (Å²) < 4.78 is 0.439. The van der Waals surface area contributed by atoms with Gasteiger partial charge >= 0.3 is 0 Å². The van der Waals surface area contributed by atoms with Gasteiger partial charge < -0.3 is 0 Å². The summed E-state index contributed by atoms with van der Waals surface area (Å²) >= 11 is 3.93. The highest BCUT2D eigenvalue weighted by molar-refractivity contribution is 9.10. The Bertz CT molecular complexity index is 273. The average Bonchev–Trinajstić information content (AvgIpc) is 2.17. The lowest BCUT2D eigenvalue weighted by molar-refractivity contribution is 0.163. The smallest absolute Gasteiger partial charge is 0.0240 e. The molecule has 13 heavy (non-hydrogen) atoms. The molecule has 0 aromatic rings. The van der Waals surface area contributed by atoms with E-state index in [9.17, 15) is 0 Å². The minimum atomic E-state index is 0.439. The molecule has 0 nitrogen and oxygen atoms in total. The van der Waals surface area contributed by atoms with Crippen LogP contribution in [0.5, 0.6) is 0 Å². The Morgan fingerprint density at radius 1 is 0.846 bits per heavy atom. The molecule has 3 fully saturated rings. The van der Waals surface area contributed by atoms with Crippen LogP contribution in [0.2, 0.25) is 0 Å². The average molecular weight is 243 g/mol. The summed E-state index contributed by atoms with van der Waals surface area (Å²) in [5.74, 6) is 0. The Kier molecular flexibility index (Phi) is 1.28. The van der Waals surface area contributed by atoms with E-state index in [-0.39, 0.29) is 0 Å². The van der Waals surface area contributed by atoms with Gasteiger partial charge in [-0.1, -0.05) is 29.8 Å². The van der Waals surface area contributed by atoms with Crippen molar-refractivity contribution in [3.05, 3.63) is 0 Å². The molecule has 0 saturated heterocycles. The van der Waals surface area contributed by atoms with Gasteiger partial charge in [-0.3, -0.25) is 0 Å².